The molecule has 0 radical (unpaired) electrons. The molecule has 0 amide bonds. The highest BCUT2D eigenvalue weighted by Gasteiger charge is 2.80. The van der Waals surface area contributed by atoms with Crippen molar-refractivity contribution in [2.24, 2.45) is 16.2 Å². The molecule has 0 atom stereocenters. The average Bonchev–Trinajstić information content (AvgIpc) is 2.94. The summed E-state index contributed by atoms with van der Waals surface area (Å²) < 4.78 is 5.78. The van der Waals surface area contributed by atoms with Crippen LogP contribution in [0.3, 0.4) is 0 Å². The van der Waals surface area contributed by atoms with Crippen LogP contribution in [0.4, 0.5) is 5.69 Å². The first kappa shape index (κ1) is 18.9. The van der Waals surface area contributed by atoms with Crippen LogP contribution in [0, 0.1) is 26.4 Å². The van der Waals surface area contributed by atoms with E-state index in [0.29, 0.717) is 17.9 Å². The van der Waals surface area contributed by atoms with Crippen LogP contribution in [0.5, 0.6) is 11.5 Å². The maximum absolute atomic E-state index is 12.1. The highest BCUT2D eigenvalue weighted by Crippen LogP contribution is 2.78. The quantitative estimate of drug-likeness (QED) is 0.567. The molecule has 3 rings (SSSR count). The van der Waals surface area contributed by atoms with E-state index in [2.05, 4.69) is 0 Å². The number of rotatable bonds is 6. The van der Waals surface area contributed by atoms with Gasteiger partial charge in [-0.25, -0.2) is 0 Å². The van der Waals surface area contributed by atoms with Crippen molar-refractivity contribution in [2.75, 3.05) is 0 Å². The van der Waals surface area contributed by atoms with Crippen LogP contribution in [0.25, 0.3) is 0 Å². The topological polar surface area (TPSA) is 89.7 Å². The molecule has 1 saturated carbocycles. The second-order valence-corrected chi connectivity index (χ2v) is 8.14. The van der Waals surface area contributed by atoms with E-state index in [0.717, 1.165) is 5.56 Å². The molecule has 1 aliphatic rings. The summed E-state index contributed by atoms with van der Waals surface area (Å²) in [5.41, 5.74) is -0.582. The Morgan fingerprint density at radius 3 is 2.11 bits per heavy atom. The summed E-state index contributed by atoms with van der Waals surface area (Å²) in [6.07, 6.45) is 0.416. The number of nitrogens with zero attached hydrogens (tertiary/aromatic N) is 1. The summed E-state index contributed by atoms with van der Waals surface area (Å²) in [5, 5.41) is 20.7. The van der Waals surface area contributed by atoms with E-state index in [1.54, 1.807) is 6.07 Å². The third-order valence-electron chi connectivity index (χ3n) is 6.65. The molecule has 2 aromatic rings. The molecular weight excluding hydrogens is 346 g/mol. The van der Waals surface area contributed by atoms with Crippen LogP contribution in [0.1, 0.15) is 33.3 Å². The van der Waals surface area contributed by atoms with Crippen LogP contribution in [-0.2, 0) is 11.2 Å². The molecule has 1 N–H and O–H groups in total. The van der Waals surface area contributed by atoms with Gasteiger partial charge in [0, 0.05) is 12.1 Å². The second kappa shape index (κ2) is 6.08. The summed E-state index contributed by atoms with van der Waals surface area (Å²) >= 11 is 0. The van der Waals surface area contributed by atoms with Crippen molar-refractivity contribution in [2.45, 2.75) is 34.1 Å². The number of ether oxygens (including phenoxy) is 1. The van der Waals surface area contributed by atoms with Crippen LogP contribution in [0.2, 0.25) is 0 Å². The van der Waals surface area contributed by atoms with Crippen LogP contribution < -0.4 is 4.74 Å². The van der Waals surface area contributed by atoms with E-state index in [9.17, 15) is 20.0 Å². The molecule has 142 valence electrons. The standard InChI is InChI=1S/C21H23NO5/c1-19(2)20(3,4)21(19,18(23)24)13-14-6-5-7-17(12-14)27-16-10-8-15(9-11-16)22(25)26/h5-12H,13H2,1-4H3,(H,23,24). The SMILES string of the molecule is CC1(C)C(C)(C)C1(Cc1cccc(Oc2ccc([N+](=O)[O-])cc2)c1)C(=O)O. The van der Waals surface area contributed by atoms with E-state index in [-0.39, 0.29) is 16.5 Å². The van der Waals surface area contributed by atoms with Gasteiger partial charge in [-0.05, 0) is 47.1 Å². The van der Waals surface area contributed by atoms with Gasteiger partial charge in [-0.1, -0.05) is 39.8 Å². The Hall–Kier alpha value is -2.89. The van der Waals surface area contributed by atoms with Crippen molar-refractivity contribution in [3.63, 3.8) is 0 Å². The Balaban J connectivity index is 1.82. The monoisotopic (exact) mass is 369 g/mol. The van der Waals surface area contributed by atoms with Crippen molar-refractivity contribution in [1.29, 1.82) is 0 Å². The summed E-state index contributed by atoms with van der Waals surface area (Å²) in [4.78, 5) is 22.4. The molecule has 6 heteroatoms. The predicted molar refractivity (Wildman–Crippen MR) is 101 cm³/mol. The number of carboxylic acids is 1. The molecule has 2 aromatic carbocycles. The molecule has 0 spiro atoms. The number of carboxylic acid groups (broad SMARTS) is 1. The minimum Gasteiger partial charge on any atom is -0.481 e. The van der Waals surface area contributed by atoms with Gasteiger partial charge >= 0.3 is 5.97 Å². The van der Waals surface area contributed by atoms with Crippen LogP contribution in [0.15, 0.2) is 48.5 Å². The molecule has 1 aliphatic carbocycles. The van der Waals surface area contributed by atoms with Gasteiger partial charge in [0.05, 0.1) is 10.3 Å². The minimum absolute atomic E-state index is 0.00213. The van der Waals surface area contributed by atoms with Gasteiger partial charge in [-0.3, -0.25) is 14.9 Å². The van der Waals surface area contributed by atoms with E-state index in [4.69, 9.17) is 4.74 Å². The molecular formula is C21H23NO5. The summed E-state index contributed by atoms with van der Waals surface area (Å²) in [5.74, 6) is 0.273. The zero-order valence-electron chi connectivity index (χ0n) is 15.9. The molecule has 1 fully saturated rings. The largest absolute Gasteiger partial charge is 0.481 e. The lowest BCUT2D eigenvalue weighted by Gasteiger charge is -2.17. The number of benzene rings is 2. The molecule has 0 unspecified atom stereocenters. The number of hydrogen-bond donors (Lipinski definition) is 1. The first-order valence-electron chi connectivity index (χ1n) is 8.77. The summed E-state index contributed by atoms with van der Waals surface area (Å²) in [7, 11) is 0. The predicted octanol–water partition coefficient (Wildman–Crippen LogP) is 5.07. The van der Waals surface area contributed by atoms with Crippen LogP contribution in [-0.4, -0.2) is 16.0 Å². The smallest absolute Gasteiger partial charge is 0.311 e. The normalized spacial score (nSPS) is 18.5. The zero-order valence-corrected chi connectivity index (χ0v) is 15.9. The highest BCUT2D eigenvalue weighted by molar-refractivity contribution is 5.82. The van der Waals surface area contributed by atoms with Gasteiger partial charge in [-0.15, -0.1) is 0 Å². The molecule has 0 heterocycles. The lowest BCUT2D eigenvalue weighted by molar-refractivity contribution is -0.384. The van der Waals surface area contributed by atoms with Crippen molar-refractivity contribution in [1.82, 2.24) is 0 Å². The summed E-state index contributed by atoms with van der Waals surface area (Å²) in [6, 6.07) is 13.2. The number of nitro groups is 1. The molecule has 6 nitrogen and oxygen atoms in total. The van der Waals surface area contributed by atoms with Gasteiger partial charge in [0.15, 0.2) is 0 Å². The number of non-ortho nitro benzene ring substituents is 1. The Morgan fingerprint density at radius 1 is 1.04 bits per heavy atom. The first-order chi connectivity index (χ1) is 12.5. The molecule has 0 saturated heterocycles. The van der Waals surface area contributed by atoms with E-state index >= 15 is 0 Å². The number of aliphatic carboxylic acids is 1. The fourth-order valence-corrected chi connectivity index (χ4v) is 4.28. The van der Waals surface area contributed by atoms with E-state index in [1.165, 1.54) is 24.3 Å². The van der Waals surface area contributed by atoms with Crippen molar-refractivity contribution in [3.05, 3.63) is 64.2 Å². The zero-order chi connectivity index (χ0) is 20.0. The summed E-state index contributed by atoms with van der Waals surface area (Å²) in [6.45, 7) is 7.99. The molecule has 0 aliphatic heterocycles. The Morgan fingerprint density at radius 2 is 1.63 bits per heavy atom. The number of hydrogen-bond acceptors (Lipinski definition) is 4. The lowest BCUT2D eigenvalue weighted by Crippen LogP contribution is -2.25. The molecule has 0 aromatic heterocycles. The maximum atomic E-state index is 12.1. The van der Waals surface area contributed by atoms with Gasteiger partial charge in [0.1, 0.15) is 11.5 Å². The van der Waals surface area contributed by atoms with E-state index < -0.39 is 16.3 Å². The van der Waals surface area contributed by atoms with Gasteiger partial charge < -0.3 is 9.84 Å². The first-order valence-corrected chi connectivity index (χ1v) is 8.77. The Kier molecular flexibility index (Phi) is 4.25. The van der Waals surface area contributed by atoms with Gasteiger partial charge in [0.2, 0.25) is 0 Å². The lowest BCUT2D eigenvalue weighted by atomic mass is 9.87. The third-order valence-corrected chi connectivity index (χ3v) is 6.65. The molecule has 27 heavy (non-hydrogen) atoms. The fraction of sp³-hybridized carbons (Fsp3) is 0.381. The average molecular weight is 369 g/mol. The van der Waals surface area contributed by atoms with Crippen molar-refractivity contribution >= 4 is 11.7 Å². The van der Waals surface area contributed by atoms with Crippen molar-refractivity contribution < 1.29 is 19.6 Å². The fourth-order valence-electron chi connectivity index (χ4n) is 4.28. The second-order valence-electron chi connectivity index (χ2n) is 8.14. The van der Waals surface area contributed by atoms with E-state index in [1.807, 2.05) is 45.9 Å². The highest BCUT2D eigenvalue weighted by atomic mass is 16.6. The third kappa shape index (κ3) is 2.76. The Labute approximate surface area is 157 Å². The Bertz CT molecular complexity index is 885. The van der Waals surface area contributed by atoms with Crippen LogP contribution >= 0.6 is 0 Å². The number of nitro benzene ring substituents is 1. The molecule has 0 bridgehead atoms. The number of carbonyl (C=O) groups is 1. The van der Waals surface area contributed by atoms with Crippen molar-refractivity contribution in [3.8, 4) is 11.5 Å². The van der Waals surface area contributed by atoms with Gasteiger partial charge in [0.25, 0.3) is 5.69 Å². The maximum Gasteiger partial charge on any atom is 0.311 e. The van der Waals surface area contributed by atoms with Gasteiger partial charge in [-0.2, -0.15) is 0 Å². The minimum atomic E-state index is -0.827.